The van der Waals surface area contributed by atoms with Crippen LogP contribution in [0.1, 0.15) is 52.4 Å². The molecule has 0 radical (unpaired) electrons. The summed E-state index contributed by atoms with van der Waals surface area (Å²) >= 11 is 0. The van der Waals surface area contributed by atoms with Crippen LogP contribution in [0.4, 0.5) is 0 Å². The lowest BCUT2D eigenvalue weighted by Crippen LogP contribution is -2.41. The molecule has 5 atom stereocenters. The van der Waals surface area contributed by atoms with E-state index in [0.717, 1.165) is 18.7 Å². The van der Waals surface area contributed by atoms with Crippen molar-refractivity contribution in [3.05, 3.63) is 18.2 Å². The van der Waals surface area contributed by atoms with E-state index in [4.69, 9.17) is 23.7 Å². The summed E-state index contributed by atoms with van der Waals surface area (Å²) < 4.78 is 31.0. The summed E-state index contributed by atoms with van der Waals surface area (Å²) in [7, 11) is 1.63. The van der Waals surface area contributed by atoms with E-state index in [2.05, 4.69) is 11.9 Å². The summed E-state index contributed by atoms with van der Waals surface area (Å²) in [4.78, 5) is 16.8. The molecule has 0 spiro atoms. The van der Waals surface area contributed by atoms with Crippen LogP contribution in [0.15, 0.2) is 12.4 Å². The fourth-order valence-corrected chi connectivity index (χ4v) is 3.91. The molecule has 8 nitrogen and oxygen atoms in total. The molecule has 0 amide bonds. The van der Waals surface area contributed by atoms with Crippen molar-refractivity contribution in [3.63, 3.8) is 0 Å². The van der Waals surface area contributed by atoms with Gasteiger partial charge in [0.2, 0.25) is 0 Å². The third kappa shape index (κ3) is 4.18. The van der Waals surface area contributed by atoms with Crippen molar-refractivity contribution >= 4 is 5.97 Å². The number of esters is 1. The topological polar surface area (TPSA) is 81.0 Å². The molecule has 2 fully saturated rings. The van der Waals surface area contributed by atoms with Crippen LogP contribution in [-0.4, -0.2) is 59.6 Å². The van der Waals surface area contributed by atoms with E-state index >= 15 is 0 Å². The standard InChI is InChI=1S/C19H30N2O6/c1-6-8-13-20-9-10-21(13)12(11-14(22)24-7-2)15-16(23-5)17-18(25-15)27-19(3,4)26-17/h9-10,12,15-18H,6-8,11H2,1-5H3/t12?,15?,16-,17+,18+/m1/s1. The van der Waals surface area contributed by atoms with Crippen molar-refractivity contribution in [3.8, 4) is 0 Å². The minimum absolute atomic E-state index is 0.161. The summed E-state index contributed by atoms with van der Waals surface area (Å²) in [5, 5.41) is 0. The Bertz CT molecular complexity index is 646. The highest BCUT2D eigenvalue weighted by Crippen LogP contribution is 2.42. The van der Waals surface area contributed by atoms with Gasteiger partial charge in [-0.1, -0.05) is 6.92 Å². The van der Waals surface area contributed by atoms with Crippen molar-refractivity contribution < 1.29 is 28.5 Å². The lowest BCUT2D eigenvalue weighted by molar-refractivity contribution is -0.222. The van der Waals surface area contributed by atoms with Gasteiger partial charge in [0.15, 0.2) is 12.1 Å². The minimum Gasteiger partial charge on any atom is -0.466 e. The van der Waals surface area contributed by atoms with Gasteiger partial charge < -0.3 is 28.3 Å². The summed E-state index contributed by atoms with van der Waals surface area (Å²) in [6.07, 6.45) is 3.88. The van der Waals surface area contributed by atoms with Gasteiger partial charge in [-0.3, -0.25) is 4.79 Å². The Labute approximate surface area is 160 Å². The van der Waals surface area contributed by atoms with Crippen LogP contribution < -0.4 is 0 Å². The maximum absolute atomic E-state index is 12.3. The zero-order chi connectivity index (χ0) is 19.6. The van der Waals surface area contributed by atoms with Gasteiger partial charge in [0, 0.05) is 25.9 Å². The second kappa shape index (κ2) is 8.26. The fourth-order valence-electron chi connectivity index (χ4n) is 3.91. The van der Waals surface area contributed by atoms with Crippen molar-refractivity contribution in [2.75, 3.05) is 13.7 Å². The number of fused-ring (bicyclic) bond motifs is 1. The van der Waals surface area contributed by atoms with E-state index in [9.17, 15) is 4.79 Å². The number of hydrogen-bond acceptors (Lipinski definition) is 7. The maximum atomic E-state index is 12.3. The third-order valence-electron chi connectivity index (χ3n) is 4.94. The molecule has 2 saturated heterocycles. The normalized spacial score (nSPS) is 30.3. The summed E-state index contributed by atoms with van der Waals surface area (Å²) in [6.45, 7) is 7.92. The average molecular weight is 382 g/mol. The molecule has 2 unspecified atom stereocenters. The molecule has 2 aliphatic heterocycles. The molecule has 0 aliphatic carbocycles. The summed E-state index contributed by atoms with van der Waals surface area (Å²) in [5.41, 5.74) is 0. The van der Waals surface area contributed by atoms with Gasteiger partial charge in [-0.05, 0) is 27.2 Å². The number of rotatable bonds is 8. The quantitative estimate of drug-likeness (QED) is 0.638. The Morgan fingerprint density at radius 3 is 2.81 bits per heavy atom. The predicted octanol–water partition coefficient (Wildman–Crippen LogP) is 2.22. The van der Waals surface area contributed by atoms with Crippen LogP contribution >= 0.6 is 0 Å². The molecule has 0 N–H and O–H groups in total. The Balaban J connectivity index is 1.88. The monoisotopic (exact) mass is 382 g/mol. The SMILES string of the molecule is CCCc1nccn1C(CC(=O)OCC)C1O[C@H]2OC(C)(C)O[C@H]2[C@@H]1OC. The minimum atomic E-state index is -0.726. The summed E-state index contributed by atoms with van der Waals surface area (Å²) in [6, 6.07) is -0.320. The smallest absolute Gasteiger partial charge is 0.307 e. The number of nitrogens with zero attached hydrogens (tertiary/aromatic N) is 2. The molecule has 3 rings (SSSR count). The van der Waals surface area contributed by atoms with Crippen LogP contribution in [0.5, 0.6) is 0 Å². The number of imidazole rings is 1. The summed E-state index contributed by atoms with van der Waals surface area (Å²) in [5.74, 6) is -0.100. The number of carbonyl (C=O) groups is 1. The van der Waals surface area contributed by atoms with E-state index in [1.165, 1.54) is 0 Å². The van der Waals surface area contributed by atoms with Crippen molar-refractivity contribution in [2.45, 2.75) is 83.4 Å². The Morgan fingerprint density at radius 1 is 1.37 bits per heavy atom. The van der Waals surface area contributed by atoms with E-state index in [1.54, 1.807) is 20.2 Å². The first-order valence-corrected chi connectivity index (χ1v) is 9.61. The molecule has 152 valence electrons. The van der Waals surface area contributed by atoms with E-state index in [1.807, 2.05) is 24.6 Å². The Morgan fingerprint density at radius 2 is 2.15 bits per heavy atom. The largest absolute Gasteiger partial charge is 0.466 e. The van der Waals surface area contributed by atoms with Gasteiger partial charge in [-0.15, -0.1) is 0 Å². The van der Waals surface area contributed by atoms with Gasteiger partial charge in [-0.25, -0.2) is 4.98 Å². The maximum Gasteiger partial charge on any atom is 0.307 e. The number of aromatic nitrogens is 2. The number of hydrogen-bond donors (Lipinski definition) is 0. The van der Waals surface area contributed by atoms with Crippen molar-refractivity contribution in [1.82, 2.24) is 9.55 Å². The lowest BCUT2D eigenvalue weighted by Gasteiger charge is -2.31. The molecular formula is C19H30N2O6. The molecule has 27 heavy (non-hydrogen) atoms. The fraction of sp³-hybridized carbons (Fsp3) is 0.789. The van der Waals surface area contributed by atoms with Gasteiger partial charge in [0.25, 0.3) is 0 Å². The van der Waals surface area contributed by atoms with E-state index in [0.29, 0.717) is 6.61 Å². The molecule has 2 aliphatic rings. The van der Waals surface area contributed by atoms with E-state index in [-0.39, 0.29) is 30.6 Å². The molecule has 1 aromatic heterocycles. The van der Waals surface area contributed by atoms with Gasteiger partial charge in [-0.2, -0.15) is 0 Å². The Hall–Kier alpha value is -1.48. The molecule has 0 bridgehead atoms. The van der Waals surface area contributed by atoms with Gasteiger partial charge in [0.1, 0.15) is 24.1 Å². The van der Waals surface area contributed by atoms with Crippen LogP contribution in [0, 0.1) is 0 Å². The molecular weight excluding hydrogens is 352 g/mol. The van der Waals surface area contributed by atoms with Crippen molar-refractivity contribution in [2.24, 2.45) is 0 Å². The van der Waals surface area contributed by atoms with Crippen LogP contribution in [-0.2, 0) is 34.9 Å². The van der Waals surface area contributed by atoms with Gasteiger partial charge in [0.05, 0.1) is 19.1 Å². The second-order valence-corrected chi connectivity index (χ2v) is 7.35. The molecule has 8 heteroatoms. The molecule has 0 saturated carbocycles. The first-order chi connectivity index (χ1) is 12.9. The number of methoxy groups -OCH3 is 1. The highest BCUT2D eigenvalue weighted by Gasteiger charge is 2.57. The van der Waals surface area contributed by atoms with Crippen molar-refractivity contribution in [1.29, 1.82) is 0 Å². The zero-order valence-electron chi connectivity index (χ0n) is 16.7. The Kier molecular flexibility index (Phi) is 6.20. The molecule has 0 aromatic carbocycles. The number of ether oxygens (including phenoxy) is 5. The van der Waals surface area contributed by atoms with Crippen LogP contribution in [0.3, 0.4) is 0 Å². The lowest BCUT2D eigenvalue weighted by atomic mass is 10.00. The van der Waals surface area contributed by atoms with Gasteiger partial charge >= 0.3 is 5.97 Å². The first kappa shape index (κ1) is 20.3. The molecule has 1 aromatic rings. The van der Waals surface area contributed by atoms with E-state index < -0.39 is 18.2 Å². The number of aryl methyl sites for hydroxylation is 1. The second-order valence-electron chi connectivity index (χ2n) is 7.35. The zero-order valence-corrected chi connectivity index (χ0v) is 16.7. The average Bonchev–Trinajstić information content (AvgIpc) is 3.25. The number of carbonyl (C=O) groups excluding carboxylic acids is 1. The van der Waals surface area contributed by atoms with Crippen LogP contribution in [0.25, 0.3) is 0 Å². The highest BCUT2D eigenvalue weighted by molar-refractivity contribution is 5.70. The first-order valence-electron chi connectivity index (χ1n) is 9.61. The highest BCUT2D eigenvalue weighted by atomic mass is 16.8. The molecule has 3 heterocycles. The predicted molar refractivity (Wildman–Crippen MR) is 96.0 cm³/mol. The third-order valence-corrected chi connectivity index (χ3v) is 4.94. The van der Waals surface area contributed by atoms with Crippen LogP contribution in [0.2, 0.25) is 0 Å².